The number of rotatable bonds is 2. The molecule has 0 spiro atoms. The van der Waals surface area contributed by atoms with Gasteiger partial charge in [0.1, 0.15) is 5.82 Å². The fraction of sp³-hybridized carbons (Fsp3) is 0.267. The van der Waals surface area contributed by atoms with E-state index in [0.29, 0.717) is 10.6 Å². The van der Waals surface area contributed by atoms with Crippen LogP contribution < -0.4 is 5.73 Å². The first-order valence-corrected chi connectivity index (χ1v) is 6.81. The minimum atomic E-state index is -0.573. The smallest absolute Gasteiger partial charge is 0.205 e. The number of thiophene rings is 1. The van der Waals surface area contributed by atoms with Gasteiger partial charge in [-0.15, -0.1) is 11.3 Å². The highest BCUT2D eigenvalue weighted by Crippen LogP contribution is 2.31. The Hall–Kier alpha value is -1.68. The molecule has 0 unspecified atom stereocenters. The van der Waals surface area contributed by atoms with Crippen molar-refractivity contribution in [3.05, 3.63) is 51.5 Å². The van der Waals surface area contributed by atoms with Gasteiger partial charge in [0.2, 0.25) is 5.78 Å². The zero-order valence-electron chi connectivity index (χ0n) is 11.2. The molecular weight excluding hydrogens is 261 g/mol. The summed E-state index contributed by atoms with van der Waals surface area (Å²) >= 11 is 1.41. The zero-order valence-corrected chi connectivity index (χ0v) is 12.0. The molecule has 0 fully saturated rings. The van der Waals surface area contributed by atoms with E-state index in [1.807, 2.05) is 6.07 Å². The second kappa shape index (κ2) is 4.78. The molecule has 2 rings (SSSR count). The Bertz CT molecular complexity index is 625. The first kappa shape index (κ1) is 13.7. The third kappa shape index (κ3) is 2.84. The molecule has 0 aliphatic carbocycles. The monoisotopic (exact) mass is 277 g/mol. The summed E-state index contributed by atoms with van der Waals surface area (Å²) in [7, 11) is 0. The van der Waals surface area contributed by atoms with Crippen LogP contribution in [0.15, 0.2) is 30.3 Å². The Morgan fingerprint density at radius 3 is 2.42 bits per heavy atom. The highest BCUT2D eigenvalue weighted by atomic mass is 32.1. The molecule has 0 amide bonds. The van der Waals surface area contributed by atoms with Crippen LogP contribution in [0.1, 0.15) is 40.9 Å². The number of benzene rings is 1. The van der Waals surface area contributed by atoms with Gasteiger partial charge in [0.05, 0.1) is 10.4 Å². The summed E-state index contributed by atoms with van der Waals surface area (Å²) in [5.41, 5.74) is 5.85. The molecule has 2 aromatic rings. The maximum Gasteiger partial charge on any atom is 0.205 e. The molecule has 0 bridgehead atoms. The van der Waals surface area contributed by atoms with E-state index in [1.54, 1.807) is 6.07 Å². The molecule has 1 aromatic carbocycles. The van der Waals surface area contributed by atoms with Gasteiger partial charge in [-0.1, -0.05) is 20.8 Å². The molecule has 2 nitrogen and oxygen atoms in total. The molecule has 0 saturated carbocycles. The van der Waals surface area contributed by atoms with Crippen LogP contribution in [0.25, 0.3) is 0 Å². The summed E-state index contributed by atoms with van der Waals surface area (Å²) in [6, 6.07) is 7.82. The van der Waals surface area contributed by atoms with Crippen molar-refractivity contribution in [1.82, 2.24) is 0 Å². The molecule has 0 atom stereocenters. The van der Waals surface area contributed by atoms with Crippen LogP contribution in [0, 0.1) is 5.82 Å². The van der Waals surface area contributed by atoms with Crippen molar-refractivity contribution in [2.24, 2.45) is 0 Å². The summed E-state index contributed by atoms with van der Waals surface area (Å²) in [6.07, 6.45) is 0. The lowest BCUT2D eigenvalue weighted by Gasteiger charge is -2.15. The topological polar surface area (TPSA) is 43.1 Å². The third-order valence-corrected chi connectivity index (χ3v) is 4.32. The number of hydrogen-bond acceptors (Lipinski definition) is 3. The predicted molar refractivity (Wildman–Crippen MR) is 77.3 cm³/mol. The summed E-state index contributed by atoms with van der Waals surface area (Å²) in [5, 5.41) is 0. The SMILES string of the molecule is CC(C)(C)c1ccc(C(=O)c2ccc(N)cc2F)s1. The van der Waals surface area contributed by atoms with Crippen LogP contribution in [-0.2, 0) is 5.41 Å². The average Bonchev–Trinajstić information content (AvgIpc) is 2.76. The number of hydrogen-bond donors (Lipinski definition) is 1. The van der Waals surface area contributed by atoms with E-state index >= 15 is 0 Å². The molecule has 0 aliphatic heterocycles. The van der Waals surface area contributed by atoms with Crippen molar-refractivity contribution in [1.29, 1.82) is 0 Å². The lowest BCUT2D eigenvalue weighted by molar-refractivity contribution is 0.103. The lowest BCUT2D eigenvalue weighted by Crippen LogP contribution is -2.08. The van der Waals surface area contributed by atoms with E-state index in [2.05, 4.69) is 20.8 Å². The lowest BCUT2D eigenvalue weighted by atomic mass is 9.95. The highest BCUT2D eigenvalue weighted by Gasteiger charge is 2.20. The van der Waals surface area contributed by atoms with E-state index in [9.17, 15) is 9.18 Å². The summed E-state index contributed by atoms with van der Waals surface area (Å²) in [6.45, 7) is 6.24. The van der Waals surface area contributed by atoms with E-state index in [-0.39, 0.29) is 16.8 Å². The Kier molecular flexibility index (Phi) is 3.45. The number of carbonyl (C=O) groups is 1. The first-order chi connectivity index (χ1) is 8.79. The van der Waals surface area contributed by atoms with Crippen molar-refractivity contribution in [3.8, 4) is 0 Å². The molecule has 0 saturated heterocycles. The molecule has 1 heterocycles. The van der Waals surface area contributed by atoms with Gasteiger partial charge in [-0.2, -0.15) is 0 Å². The van der Waals surface area contributed by atoms with Gasteiger partial charge in [0, 0.05) is 10.6 Å². The van der Waals surface area contributed by atoms with Crippen molar-refractivity contribution < 1.29 is 9.18 Å². The van der Waals surface area contributed by atoms with Gasteiger partial charge in [-0.3, -0.25) is 4.79 Å². The summed E-state index contributed by atoms with van der Waals surface area (Å²) in [5.74, 6) is -0.867. The fourth-order valence-corrected chi connectivity index (χ4v) is 2.73. The normalized spacial score (nSPS) is 11.6. The molecule has 4 heteroatoms. The largest absolute Gasteiger partial charge is 0.399 e. The molecule has 2 N–H and O–H groups in total. The highest BCUT2D eigenvalue weighted by molar-refractivity contribution is 7.14. The number of carbonyl (C=O) groups excluding carboxylic acids is 1. The first-order valence-electron chi connectivity index (χ1n) is 5.99. The molecule has 0 aliphatic rings. The van der Waals surface area contributed by atoms with Gasteiger partial charge >= 0.3 is 0 Å². The van der Waals surface area contributed by atoms with Crippen LogP contribution >= 0.6 is 11.3 Å². The number of anilines is 1. The predicted octanol–water partition coefficient (Wildman–Crippen LogP) is 4.00. The van der Waals surface area contributed by atoms with E-state index in [1.165, 1.54) is 29.5 Å². The molecule has 0 radical (unpaired) electrons. The Labute approximate surface area is 116 Å². The van der Waals surface area contributed by atoms with Crippen LogP contribution in [0.3, 0.4) is 0 Å². The Balaban J connectivity index is 2.37. The molecular formula is C15H16FNOS. The van der Waals surface area contributed by atoms with Gasteiger partial charge in [-0.05, 0) is 35.7 Å². The van der Waals surface area contributed by atoms with Crippen LogP contribution in [0.2, 0.25) is 0 Å². The van der Waals surface area contributed by atoms with Gasteiger partial charge in [0.15, 0.2) is 0 Å². The maximum absolute atomic E-state index is 13.7. The molecule has 19 heavy (non-hydrogen) atoms. The number of nitrogens with two attached hydrogens (primary N) is 1. The van der Waals surface area contributed by atoms with Crippen LogP contribution in [0.5, 0.6) is 0 Å². The third-order valence-electron chi connectivity index (χ3n) is 2.81. The van der Waals surface area contributed by atoms with Crippen molar-refractivity contribution in [3.63, 3.8) is 0 Å². The van der Waals surface area contributed by atoms with E-state index in [0.717, 1.165) is 4.88 Å². The quantitative estimate of drug-likeness (QED) is 0.666. The molecule has 100 valence electrons. The second-order valence-corrected chi connectivity index (χ2v) is 6.57. The van der Waals surface area contributed by atoms with Crippen LogP contribution in [-0.4, -0.2) is 5.78 Å². The number of halogens is 1. The minimum absolute atomic E-state index is 0.0111. The number of ketones is 1. The van der Waals surface area contributed by atoms with Crippen LogP contribution in [0.4, 0.5) is 10.1 Å². The standard InChI is InChI=1S/C15H16FNOS/c1-15(2,3)13-7-6-12(19-13)14(18)10-5-4-9(17)8-11(10)16/h4-8H,17H2,1-3H3. The van der Waals surface area contributed by atoms with Crippen molar-refractivity contribution >= 4 is 22.8 Å². The van der Waals surface area contributed by atoms with E-state index < -0.39 is 5.82 Å². The zero-order chi connectivity index (χ0) is 14.2. The second-order valence-electron chi connectivity index (χ2n) is 5.48. The fourth-order valence-electron chi connectivity index (χ4n) is 1.71. The average molecular weight is 277 g/mol. The Morgan fingerprint density at radius 2 is 1.89 bits per heavy atom. The van der Waals surface area contributed by atoms with Crippen molar-refractivity contribution in [2.75, 3.05) is 5.73 Å². The minimum Gasteiger partial charge on any atom is -0.399 e. The summed E-state index contributed by atoms with van der Waals surface area (Å²) < 4.78 is 13.7. The maximum atomic E-state index is 13.7. The van der Waals surface area contributed by atoms with Crippen molar-refractivity contribution in [2.45, 2.75) is 26.2 Å². The van der Waals surface area contributed by atoms with E-state index in [4.69, 9.17) is 5.73 Å². The summed E-state index contributed by atoms with van der Waals surface area (Å²) in [4.78, 5) is 13.9. The number of nitrogen functional groups attached to an aromatic ring is 1. The van der Waals surface area contributed by atoms with Gasteiger partial charge < -0.3 is 5.73 Å². The van der Waals surface area contributed by atoms with Gasteiger partial charge in [0.25, 0.3) is 0 Å². The molecule has 1 aromatic heterocycles. The Morgan fingerprint density at radius 1 is 1.21 bits per heavy atom. The van der Waals surface area contributed by atoms with Gasteiger partial charge in [-0.25, -0.2) is 4.39 Å².